The maximum Gasteiger partial charge on any atom is 0.125 e. The van der Waals surface area contributed by atoms with Crippen LogP contribution in [0.1, 0.15) is 17.5 Å². The van der Waals surface area contributed by atoms with Gasteiger partial charge in [0.05, 0.1) is 13.2 Å². The van der Waals surface area contributed by atoms with Crippen LogP contribution in [0, 0.1) is 13.8 Å². The number of nitrogen functional groups attached to an aromatic ring is 1. The highest BCUT2D eigenvalue weighted by atomic mass is 16.5. The SMILES string of the molecule is Cc1cc(N)cc(C)c1OC1CCOC1. The molecule has 0 aliphatic carbocycles. The maximum atomic E-state index is 5.91. The molecule has 0 saturated carbocycles. The Morgan fingerprint density at radius 1 is 1.33 bits per heavy atom. The van der Waals surface area contributed by atoms with Crippen LogP contribution in [0.2, 0.25) is 0 Å². The van der Waals surface area contributed by atoms with Gasteiger partial charge in [0, 0.05) is 12.1 Å². The summed E-state index contributed by atoms with van der Waals surface area (Å²) in [5, 5.41) is 0. The molecule has 1 atom stereocenters. The summed E-state index contributed by atoms with van der Waals surface area (Å²) in [7, 11) is 0. The summed E-state index contributed by atoms with van der Waals surface area (Å²) in [6.45, 7) is 5.55. The summed E-state index contributed by atoms with van der Waals surface area (Å²) in [5.74, 6) is 0.958. The molecule has 1 saturated heterocycles. The van der Waals surface area contributed by atoms with Crippen LogP contribution in [0.25, 0.3) is 0 Å². The average Bonchev–Trinajstić information content (AvgIpc) is 2.63. The van der Waals surface area contributed by atoms with Crippen LogP contribution in [0.15, 0.2) is 12.1 Å². The lowest BCUT2D eigenvalue weighted by molar-refractivity contribution is 0.140. The average molecular weight is 207 g/mol. The number of ether oxygens (including phenoxy) is 2. The third-order valence-corrected chi connectivity index (χ3v) is 2.66. The van der Waals surface area contributed by atoms with Crippen LogP contribution < -0.4 is 10.5 Å². The van der Waals surface area contributed by atoms with E-state index >= 15 is 0 Å². The Balaban J connectivity index is 2.19. The van der Waals surface area contributed by atoms with Gasteiger partial charge in [0.15, 0.2) is 0 Å². The van der Waals surface area contributed by atoms with Gasteiger partial charge >= 0.3 is 0 Å². The fourth-order valence-corrected chi connectivity index (χ4v) is 1.94. The molecule has 0 bridgehead atoms. The zero-order chi connectivity index (χ0) is 10.8. The lowest BCUT2D eigenvalue weighted by Gasteiger charge is -2.16. The van der Waals surface area contributed by atoms with Gasteiger partial charge in [-0.05, 0) is 37.1 Å². The highest BCUT2D eigenvalue weighted by Crippen LogP contribution is 2.28. The minimum atomic E-state index is 0.200. The van der Waals surface area contributed by atoms with Crippen molar-refractivity contribution in [3.8, 4) is 5.75 Å². The first-order valence-corrected chi connectivity index (χ1v) is 5.28. The summed E-state index contributed by atoms with van der Waals surface area (Å²) in [6, 6.07) is 3.89. The molecule has 1 aliphatic rings. The van der Waals surface area contributed by atoms with Gasteiger partial charge in [-0.3, -0.25) is 0 Å². The molecule has 15 heavy (non-hydrogen) atoms. The van der Waals surface area contributed by atoms with Gasteiger partial charge < -0.3 is 15.2 Å². The van der Waals surface area contributed by atoms with Crippen molar-refractivity contribution in [3.05, 3.63) is 23.3 Å². The number of hydrogen-bond acceptors (Lipinski definition) is 3. The summed E-state index contributed by atoms with van der Waals surface area (Å²) < 4.78 is 11.2. The van der Waals surface area contributed by atoms with Crippen molar-refractivity contribution in [2.45, 2.75) is 26.4 Å². The predicted molar refractivity (Wildman–Crippen MR) is 60.2 cm³/mol. The zero-order valence-corrected chi connectivity index (χ0v) is 9.25. The quantitative estimate of drug-likeness (QED) is 0.755. The monoisotopic (exact) mass is 207 g/mol. The number of benzene rings is 1. The van der Waals surface area contributed by atoms with Crippen molar-refractivity contribution in [3.63, 3.8) is 0 Å². The third-order valence-electron chi connectivity index (χ3n) is 2.66. The molecule has 1 unspecified atom stereocenters. The van der Waals surface area contributed by atoms with Crippen molar-refractivity contribution in [2.24, 2.45) is 0 Å². The van der Waals surface area contributed by atoms with Crippen LogP contribution in [0.4, 0.5) is 5.69 Å². The summed E-state index contributed by atoms with van der Waals surface area (Å²) in [5.41, 5.74) is 8.74. The topological polar surface area (TPSA) is 44.5 Å². The van der Waals surface area contributed by atoms with Crippen LogP contribution in [-0.2, 0) is 4.74 Å². The lowest BCUT2D eigenvalue weighted by Crippen LogP contribution is -2.17. The summed E-state index contributed by atoms with van der Waals surface area (Å²) in [6.07, 6.45) is 1.18. The van der Waals surface area contributed by atoms with E-state index in [9.17, 15) is 0 Å². The van der Waals surface area contributed by atoms with Crippen LogP contribution in [0.5, 0.6) is 5.75 Å². The minimum Gasteiger partial charge on any atom is -0.487 e. The molecule has 82 valence electrons. The molecule has 2 rings (SSSR count). The second kappa shape index (κ2) is 4.11. The molecule has 0 spiro atoms. The standard InChI is InChI=1S/C12H17NO2/c1-8-5-10(13)6-9(2)12(8)15-11-3-4-14-7-11/h5-6,11H,3-4,7,13H2,1-2H3. The molecule has 2 N–H and O–H groups in total. The largest absolute Gasteiger partial charge is 0.487 e. The van der Waals surface area contributed by atoms with E-state index in [-0.39, 0.29) is 6.10 Å². The van der Waals surface area contributed by atoms with Crippen molar-refractivity contribution in [1.29, 1.82) is 0 Å². The second-order valence-corrected chi connectivity index (χ2v) is 4.09. The normalized spacial score (nSPS) is 20.5. The molecule has 1 aliphatic heterocycles. The molecule has 1 fully saturated rings. The Bertz CT molecular complexity index is 334. The molecule has 1 heterocycles. The second-order valence-electron chi connectivity index (χ2n) is 4.09. The van der Waals surface area contributed by atoms with Crippen LogP contribution in [0.3, 0.4) is 0 Å². The lowest BCUT2D eigenvalue weighted by atomic mass is 10.1. The zero-order valence-electron chi connectivity index (χ0n) is 9.25. The van der Waals surface area contributed by atoms with Gasteiger partial charge in [-0.15, -0.1) is 0 Å². The Morgan fingerprint density at radius 3 is 2.53 bits per heavy atom. The molecule has 3 heteroatoms. The minimum absolute atomic E-state index is 0.200. The first-order valence-electron chi connectivity index (χ1n) is 5.28. The highest BCUT2D eigenvalue weighted by Gasteiger charge is 2.18. The molecular formula is C12H17NO2. The third kappa shape index (κ3) is 2.23. The molecule has 1 aromatic carbocycles. The number of rotatable bonds is 2. The number of nitrogens with two attached hydrogens (primary N) is 1. The van der Waals surface area contributed by atoms with Crippen molar-refractivity contribution in [2.75, 3.05) is 18.9 Å². The molecule has 0 radical (unpaired) electrons. The fraction of sp³-hybridized carbons (Fsp3) is 0.500. The Hall–Kier alpha value is -1.22. The van der Waals surface area contributed by atoms with Crippen LogP contribution >= 0.6 is 0 Å². The van der Waals surface area contributed by atoms with Gasteiger partial charge in [0.1, 0.15) is 11.9 Å². The predicted octanol–water partition coefficient (Wildman–Crippen LogP) is 2.05. The Labute approximate surface area is 90.2 Å². The van der Waals surface area contributed by atoms with Crippen LogP contribution in [-0.4, -0.2) is 19.3 Å². The van der Waals surface area contributed by atoms with E-state index in [0.29, 0.717) is 6.61 Å². The van der Waals surface area contributed by atoms with Gasteiger partial charge in [-0.1, -0.05) is 0 Å². The van der Waals surface area contributed by atoms with E-state index in [0.717, 1.165) is 35.6 Å². The van der Waals surface area contributed by atoms with Crippen molar-refractivity contribution in [1.82, 2.24) is 0 Å². The number of anilines is 1. The smallest absolute Gasteiger partial charge is 0.125 e. The highest BCUT2D eigenvalue weighted by molar-refractivity contribution is 5.52. The Kier molecular flexibility index (Phi) is 2.82. The Morgan fingerprint density at radius 2 is 2.00 bits per heavy atom. The van der Waals surface area contributed by atoms with Crippen molar-refractivity contribution < 1.29 is 9.47 Å². The van der Waals surface area contributed by atoms with E-state index in [1.807, 2.05) is 26.0 Å². The number of aryl methyl sites for hydroxylation is 2. The van der Waals surface area contributed by atoms with E-state index < -0.39 is 0 Å². The first kappa shape index (κ1) is 10.3. The van der Waals surface area contributed by atoms with E-state index in [1.165, 1.54) is 0 Å². The molecule has 3 nitrogen and oxygen atoms in total. The molecule has 0 amide bonds. The molecular weight excluding hydrogens is 190 g/mol. The maximum absolute atomic E-state index is 5.91. The first-order chi connectivity index (χ1) is 7.16. The van der Waals surface area contributed by atoms with Gasteiger partial charge in [-0.25, -0.2) is 0 Å². The fourth-order valence-electron chi connectivity index (χ4n) is 1.94. The van der Waals surface area contributed by atoms with Crippen molar-refractivity contribution >= 4 is 5.69 Å². The van der Waals surface area contributed by atoms with E-state index in [2.05, 4.69) is 0 Å². The van der Waals surface area contributed by atoms with Gasteiger partial charge in [0.2, 0.25) is 0 Å². The molecule has 0 aromatic heterocycles. The van der Waals surface area contributed by atoms with Gasteiger partial charge in [-0.2, -0.15) is 0 Å². The molecule has 1 aromatic rings. The van der Waals surface area contributed by atoms with E-state index in [1.54, 1.807) is 0 Å². The summed E-state index contributed by atoms with van der Waals surface area (Å²) in [4.78, 5) is 0. The van der Waals surface area contributed by atoms with E-state index in [4.69, 9.17) is 15.2 Å². The number of hydrogen-bond donors (Lipinski definition) is 1. The summed E-state index contributed by atoms with van der Waals surface area (Å²) >= 11 is 0. The van der Waals surface area contributed by atoms with Gasteiger partial charge in [0.25, 0.3) is 0 Å².